The molecule has 0 radical (unpaired) electrons. The maximum absolute atomic E-state index is 13.5. The largest absolute Gasteiger partial charge is 0.343 e. The first-order valence-corrected chi connectivity index (χ1v) is 9.40. The lowest BCUT2D eigenvalue weighted by atomic mass is 10.1. The van der Waals surface area contributed by atoms with Crippen LogP contribution in [-0.2, 0) is 4.79 Å². The third-order valence-electron chi connectivity index (χ3n) is 4.56. The molecule has 1 fully saturated rings. The van der Waals surface area contributed by atoms with Crippen molar-refractivity contribution < 1.29 is 18.4 Å². The van der Waals surface area contributed by atoms with Crippen LogP contribution in [0.15, 0.2) is 42.7 Å². The summed E-state index contributed by atoms with van der Waals surface area (Å²) in [4.78, 5) is 29.6. The number of carbonyl (C=O) groups is 2. The molecule has 1 aliphatic rings. The van der Waals surface area contributed by atoms with Crippen LogP contribution in [0.1, 0.15) is 27.9 Å². The van der Waals surface area contributed by atoms with Crippen molar-refractivity contribution in [3.8, 4) is 6.07 Å². The number of carbonyl (C=O) groups excluding carboxylic acids is 2. The van der Waals surface area contributed by atoms with Crippen molar-refractivity contribution in [3.05, 3.63) is 64.4 Å². The van der Waals surface area contributed by atoms with Gasteiger partial charge in [0.2, 0.25) is 5.91 Å². The van der Waals surface area contributed by atoms with E-state index in [-0.39, 0.29) is 5.56 Å². The standard InChI is InChI=1S/C21H17ClF2N4O2/c22-16-5-2-14(3-6-16)1-4-15-11-26-8-7-18(15)20(30)27-12-19(29)28-13-21(23,24)9-17(28)10-25/h1-8,11,17H,9,12-13H2,(H,27,30). The molecule has 1 atom stereocenters. The van der Waals surface area contributed by atoms with E-state index in [9.17, 15) is 18.4 Å². The van der Waals surface area contributed by atoms with Gasteiger partial charge in [-0.15, -0.1) is 0 Å². The Bertz CT molecular complexity index is 1020. The van der Waals surface area contributed by atoms with E-state index in [1.54, 1.807) is 30.4 Å². The van der Waals surface area contributed by atoms with Crippen molar-refractivity contribution in [1.29, 1.82) is 5.26 Å². The lowest BCUT2D eigenvalue weighted by Gasteiger charge is -2.19. The van der Waals surface area contributed by atoms with Crippen LogP contribution in [0.25, 0.3) is 12.2 Å². The molecule has 1 saturated heterocycles. The predicted molar refractivity (Wildman–Crippen MR) is 108 cm³/mol. The van der Waals surface area contributed by atoms with Crippen molar-refractivity contribution in [1.82, 2.24) is 15.2 Å². The molecule has 1 aromatic carbocycles. The van der Waals surface area contributed by atoms with Crippen molar-refractivity contribution in [3.63, 3.8) is 0 Å². The van der Waals surface area contributed by atoms with E-state index in [0.717, 1.165) is 10.5 Å². The lowest BCUT2D eigenvalue weighted by Crippen LogP contribution is -2.43. The smallest absolute Gasteiger partial charge is 0.268 e. The number of hydrogen-bond acceptors (Lipinski definition) is 4. The van der Waals surface area contributed by atoms with Crippen molar-refractivity contribution in [2.45, 2.75) is 18.4 Å². The number of nitrogens with one attached hydrogen (secondary N) is 1. The summed E-state index contributed by atoms with van der Waals surface area (Å²) in [5.74, 6) is -4.40. The first-order valence-electron chi connectivity index (χ1n) is 9.02. The van der Waals surface area contributed by atoms with E-state index in [1.165, 1.54) is 18.5 Å². The summed E-state index contributed by atoms with van der Waals surface area (Å²) in [6.07, 6.45) is 5.70. The quantitative estimate of drug-likeness (QED) is 0.787. The first-order chi connectivity index (χ1) is 14.3. The third kappa shape index (κ3) is 5.19. The van der Waals surface area contributed by atoms with Gasteiger partial charge in [0.05, 0.1) is 19.2 Å². The van der Waals surface area contributed by atoms with Crippen molar-refractivity contribution >= 4 is 35.6 Å². The number of amides is 2. The van der Waals surface area contributed by atoms with Gasteiger partial charge in [0, 0.05) is 35.0 Å². The first kappa shape index (κ1) is 21.4. The molecule has 1 aromatic heterocycles. The summed E-state index contributed by atoms with van der Waals surface area (Å²) in [5.41, 5.74) is 1.65. The maximum atomic E-state index is 13.5. The second-order valence-corrected chi connectivity index (χ2v) is 7.19. The Morgan fingerprint density at radius 1 is 1.30 bits per heavy atom. The van der Waals surface area contributed by atoms with Crippen molar-refractivity contribution in [2.24, 2.45) is 0 Å². The number of halogens is 3. The van der Waals surface area contributed by atoms with E-state index < -0.39 is 43.3 Å². The molecule has 0 saturated carbocycles. The Labute approximate surface area is 176 Å². The van der Waals surface area contributed by atoms with Gasteiger partial charge in [-0.2, -0.15) is 5.26 Å². The lowest BCUT2D eigenvalue weighted by molar-refractivity contribution is -0.131. The topological polar surface area (TPSA) is 86.1 Å². The van der Waals surface area contributed by atoms with E-state index in [4.69, 9.17) is 16.9 Å². The molecule has 0 spiro atoms. The highest BCUT2D eigenvalue weighted by Crippen LogP contribution is 2.31. The number of benzene rings is 1. The molecule has 9 heteroatoms. The minimum absolute atomic E-state index is 0.270. The maximum Gasteiger partial charge on any atom is 0.268 e. The summed E-state index contributed by atoms with van der Waals surface area (Å²) >= 11 is 5.86. The van der Waals surface area contributed by atoms with Crippen LogP contribution < -0.4 is 5.32 Å². The molecule has 1 N–H and O–H groups in total. The highest BCUT2D eigenvalue weighted by Gasteiger charge is 2.47. The number of alkyl halides is 2. The van der Waals surface area contributed by atoms with Crippen LogP contribution in [-0.4, -0.2) is 46.8 Å². The number of nitriles is 1. The van der Waals surface area contributed by atoms with Crippen LogP contribution in [0, 0.1) is 11.3 Å². The van der Waals surface area contributed by atoms with Crippen LogP contribution in [0.2, 0.25) is 5.02 Å². The number of hydrogen-bond donors (Lipinski definition) is 1. The summed E-state index contributed by atoms with van der Waals surface area (Å²) in [7, 11) is 0. The average molecular weight is 431 g/mol. The second kappa shape index (κ2) is 9.01. The minimum Gasteiger partial charge on any atom is -0.343 e. The number of nitrogens with zero attached hydrogens (tertiary/aromatic N) is 3. The summed E-state index contributed by atoms with van der Waals surface area (Å²) in [6, 6.07) is 9.08. The SMILES string of the molecule is N#CC1CC(F)(F)CN1C(=O)CNC(=O)c1ccncc1C=Cc1ccc(Cl)cc1. The molecular formula is C21H17ClF2N4O2. The van der Waals surface area contributed by atoms with Gasteiger partial charge in [-0.3, -0.25) is 14.6 Å². The van der Waals surface area contributed by atoms with Gasteiger partial charge in [0.25, 0.3) is 11.8 Å². The minimum atomic E-state index is -3.11. The van der Waals surface area contributed by atoms with E-state index in [0.29, 0.717) is 10.6 Å². The van der Waals surface area contributed by atoms with E-state index >= 15 is 0 Å². The van der Waals surface area contributed by atoms with Gasteiger partial charge in [0.15, 0.2) is 0 Å². The summed E-state index contributed by atoms with van der Waals surface area (Å²) in [6.45, 7) is -1.32. The zero-order valence-corrected chi connectivity index (χ0v) is 16.4. The Hall–Kier alpha value is -3.31. The number of pyridine rings is 1. The van der Waals surface area contributed by atoms with Crippen molar-refractivity contribution in [2.75, 3.05) is 13.1 Å². The highest BCUT2D eigenvalue weighted by molar-refractivity contribution is 6.30. The molecule has 0 aliphatic carbocycles. The summed E-state index contributed by atoms with van der Waals surface area (Å²) < 4.78 is 27.0. The Balaban J connectivity index is 1.67. The van der Waals surface area contributed by atoms with Gasteiger partial charge in [0.1, 0.15) is 6.04 Å². The number of likely N-dealkylation sites (tertiary alicyclic amines) is 1. The molecule has 2 aromatic rings. The zero-order valence-electron chi connectivity index (χ0n) is 15.7. The normalized spacial score (nSPS) is 17.7. The van der Waals surface area contributed by atoms with Gasteiger partial charge in [-0.1, -0.05) is 35.9 Å². The fraction of sp³-hybridized carbons (Fsp3) is 0.238. The monoisotopic (exact) mass is 430 g/mol. The van der Waals surface area contributed by atoms with Crippen LogP contribution in [0.4, 0.5) is 8.78 Å². The summed E-state index contributed by atoms with van der Waals surface area (Å²) in [5, 5.41) is 12.0. The predicted octanol–water partition coefficient (Wildman–Crippen LogP) is 3.39. The average Bonchev–Trinajstić information content (AvgIpc) is 3.06. The zero-order chi connectivity index (χ0) is 21.7. The van der Waals surface area contributed by atoms with E-state index in [2.05, 4.69) is 10.3 Å². The van der Waals surface area contributed by atoms with Gasteiger partial charge < -0.3 is 10.2 Å². The van der Waals surface area contributed by atoms with E-state index in [1.807, 2.05) is 12.1 Å². The van der Waals surface area contributed by atoms with Gasteiger partial charge >= 0.3 is 0 Å². The Kier molecular flexibility index (Phi) is 6.43. The van der Waals surface area contributed by atoms with Crippen LogP contribution in [0.3, 0.4) is 0 Å². The van der Waals surface area contributed by atoms with Crippen LogP contribution in [0.5, 0.6) is 0 Å². The number of aromatic nitrogens is 1. The highest BCUT2D eigenvalue weighted by atomic mass is 35.5. The van der Waals surface area contributed by atoms with Crippen LogP contribution >= 0.6 is 11.6 Å². The molecule has 30 heavy (non-hydrogen) atoms. The molecule has 2 amide bonds. The third-order valence-corrected chi connectivity index (χ3v) is 4.81. The molecule has 1 unspecified atom stereocenters. The molecule has 2 heterocycles. The number of rotatable bonds is 5. The van der Waals surface area contributed by atoms with Gasteiger partial charge in [-0.25, -0.2) is 8.78 Å². The second-order valence-electron chi connectivity index (χ2n) is 6.76. The molecule has 6 nitrogen and oxygen atoms in total. The Morgan fingerprint density at radius 3 is 2.73 bits per heavy atom. The molecular weight excluding hydrogens is 414 g/mol. The molecule has 0 bridgehead atoms. The molecule has 154 valence electrons. The van der Waals surface area contributed by atoms with Gasteiger partial charge in [-0.05, 0) is 23.8 Å². The molecule has 1 aliphatic heterocycles. The fourth-order valence-electron chi connectivity index (χ4n) is 3.05. The molecule has 3 rings (SSSR count). The fourth-order valence-corrected chi connectivity index (χ4v) is 3.18. The Morgan fingerprint density at radius 2 is 2.03 bits per heavy atom.